The number of anilines is 1. The lowest BCUT2D eigenvalue weighted by molar-refractivity contribution is -0.150. The van der Waals surface area contributed by atoms with Crippen LogP contribution in [0.1, 0.15) is 69.7 Å². The van der Waals surface area contributed by atoms with Gasteiger partial charge in [0, 0.05) is 10.4 Å². The maximum absolute atomic E-state index is 13.2. The average molecular weight is 485 g/mol. The van der Waals surface area contributed by atoms with Gasteiger partial charge in [-0.05, 0) is 75.5 Å². The summed E-state index contributed by atoms with van der Waals surface area (Å²) in [7, 11) is 0. The molecule has 184 valence electrons. The third kappa shape index (κ3) is 5.14. The molecule has 1 unspecified atom stereocenters. The molecule has 34 heavy (non-hydrogen) atoms. The van der Waals surface area contributed by atoms with E-state index in [1.807, 2.05) is 39.0 Å². The van der Waals surface area contributed by atoms with Crippen molar-refractivity contribution in [1.82, 2.24) is 4.98 Å². The van der Waals surface area contributed by atoms with E-state index in [-0.39, 0.29) is 29.9 Å². The number of carbonyl (C=O) groups is 2. The van der Waals surface area contributed by atoms with Crippen LogP contribution in [0.3, 0.4) is 0 Å². The number of carbonyl (C=O) groups excluding carboxylic acids is 2. The van der Waals surface area contributed by atoms with Gasteiger partial charge in [0.15, 0.2) is 6.10 Å². The van der Waals surface area contributed by atoms with Crippen molar-refractivity contribution in [3.63, 3.8) is 0 Å². The molecule has 7 heteroatoms. The number of hydrogen-bond donors (Lipinski definition) is 0. The molecule has 0 N–H and O–H groups in total. The molecule has 2 heterocycles. The summed E-state index contributed by atoms with van der Waals surface area (Å²) in [5.41, 5.74) is 2.69. The fourth-order valence-electron chi connectivity index (χ4n) is 5.09. The number of esters is 1. The minimum absolute atomic E-state index is 0.0735. The van der Waals surface area contributed by atoms with Crippen molar-refractivity contribution in [3.05, 3.63) is 28.1 Å². The summed E-state index contributed by atoms with van der Waals surface area (Å²) in [6, 6.07) is 5.75. The van der Waals surface area contributed by atoms with E-state index >= 15 is 0 Å². The minimum atomic E-state index is -0.600. The molecule has 0 bridgehead atoms. The number of rotatable bonds is 5. The van der Waals surface area contributed by atoms with E-state index in [2.05, 4.69) is 25.8 Å². The Morgan fingerprint density at radius 3 is 2.50 bits per heavy atom. The van der Waals surface area contributed by atoms with Crippen molar-refractivity contribution in [2.75, 3.05) is 11.4 Å². The minimum Gasteiger partial charge on any atom is -0.478 e. The molecule has 1 saturated carbocycles. The molecule has 0 saturated heterocycles. The van der Waals surface area contributed by atoms with Crippen LogP contribution in [0.15, 0.2) is 18.2 Å². The van der Waals surface area contributed by atoms with Crippen molar-refractivity contribution < 1.29 is 19.1 Å². The van der Waals surface area contributed by atoms with Crippen LogP contribution in [-0.2, 0) is 14.3 Å². The van der Waals surface area contributed by atoms with Crippen molar-refractivity contribution >= 4 is 28.9 Å². The Morgan fingerprint density at radius 2 is 1.91 bits per heavy atom. The van der Waals surface area contributed by atoms with Gasteiger partial charge in [0.2, 0.25) is 0 Å². The molecule has 0 spiro atoms. The summed E-state index contributed by atoms with van der Waals surface area (Å²) in [4.78, 5) is 33.5. The number of hydrogen-bond acceptors (Lipinski definition) is 6. The van der Waals surface area contributed by atoms with Gasteiger partial charge in [-0.2, -0.15) is 0 Å². The van der Waals surface area contributed by atoms with Crippen molar-refractivity contribution in [1.29, 1.82) is 0 Å². The zero-order valence-corrected chi connectivity index (χ0v) is 22.0. The Labute approximate surface area is 206 Å². The summed E-state index contributed by atoms with van der Waals surface area (Å²) in [5.74, 6) is 0.697. The second-order valence-electron chi connectivity index (χ2n) is 10.6. The molecule has 1 atom stereocenters. The van der Waals surface area contributed by atoms with Crippen LogP contribution in [-0.4, -0.2) is 35.6 Å². The summed E-state index contributed by atoms with van der Waals surface area (Å²) >= 11 is 1.64. The van der Waals surface area contributed by atoms with Gasteiger partial charge in [0.1, 0.15) is 18.4 Å². The SMILES string of the molecule is CCC1Oc2ccc(-c3nc(C)sc3C)cc2N(CC(=O)OC2CCC(C(C)(C)C)CC2)C1=O. The van der Waals surface area contributed by atoms with Crippen LogP contribution in [0.4, 0.5) is 5.69 Å². The number of benzene rings is 1. The van der Waals surface area contributed by atoms with Crippen LogP contribution in [0.2, 0.25) is 0 Å². The Balaban J connectivity index is 1.52. The van der Waals surface area contributed by atoms with Crippen LogP contribution >= 0.6 is 11.3 Å². The highest BCUT2D eigenvalue weighted by atomic mass is 32.1. The lowest BCUT2D eigenvalue weighted by atomic mass is 9.72. The van der Waals surface area contributed by atoms with Gasteiger partial charge < -0.3 is 9.47 Å². The number of aryl methyl sites for hydroxylation is 2. The second-order valence-corrected chi connectivity index (χ2v) is 12.0. The first-order valence-corrected chi connectivity index (χ1v) is 13.1. The molecule has 1 amide bonds. The lowest BCUT2D eigenvalue weighted by Crippen LogP contribution is -2.48. The predicted molar refractivity (Wildman–Crippen MR) is 135 cm³/mol. The maximum atomic E-state index is 13.2. The molecular weight excluding hydrogens is 448 g/mol. The van der Waals surface area contributed by atoms with Crippen molar-refractivity contribution in [2.24, 2.45) is 11.3 Å². The van der Waals surface area contributed by atoms with Gasteiger partial charge >= 0.3 is 5.97 Å². The highest BCUT2D eigenvalue weighted by Crippen LogP contribution is 2.40. The highest BCUT2D eigenvalue weighted by molar-refractivity contribution is 7.11. The normalized spacial score (nSPS) is 22.8. The maximum Gasteiger partial charge on any atom is 0.326 e. The highest BCUT2D eigenvalue weighted by Gasteiger charge is 2.36. The summed E-state index contributed by atoms with van der Waals surface area (Å²) in [5, 5.41) is 0.991. The van der Waals surface area contributed by atoms with E-state index in [0.717, 1.165) is 46.8 Å². The average Bonchev–Trinajstić information content (AvgIpc) is 3.12. The van der Waals surface area contributed by atoms with Crippen LogP contribution in [0, 0.1) is 25.2 Å². The van der Waals surface area contributed by atoms with Gasteiger partial charge in [-0.25, -0.2) is 4.98 Å². The smallest absolute Gasteiger partial charge is 0.326 e. The Hall–Kier alpha value is -2.41. The van der Waals surface area contributed by atoms with Crippen molar-refractivity contribution in [3.8, 4) is 17.0 Å². The number of fused-ring (bicyclic) bond motifs is 1. The van der Waals surface area contributed by atoms with Gasteiger partial charge in [0.05, 0.1) is 16.4 Å². The second kappa shape index (κ2) is 9.68. The van der Waals surface area contributed by atoms with E-state index in [1.165, 1.54) is 4.90 Å². The molecular formula is C27H36N2O4S. The molecule has 1 aromatic carbocycles. The van der Waals surface area contributed by atoms with E-state index in [4.69, 9.17) is 9.47 Å². The molecule has 1 aromatic heterocycles. The Kier molecular flexibility index (Phi) is 7.04. The number of amides is 1. The van der Waals surface area contributed by atoms with Gasteiger partial charge in [-0.15, -0.1) is 11.3 Å². The van der Waals surface area contributed by atoms with Gasteiger partial charge in [-0.1, -0.05) is 27.7 Å². The number of aromatic nitrogens is 1. The third-order valence-corrected chi connectivity index (χ3v) is 7.98. The van der Waals surface area contributed by atoms with E-state index in [0.29, 0.717) is 23.8 Å². The number of ether oxygens (including phenoxy) is 2. The first-order valence-electron chi connectivity index (χ1n) is 12.3. The molecule has 1 fully saturated rings. The van der Waals surface area contributed by atoms with E-state index in [9.17, 15) is 9.59 Å². The molecule has 0 radical (unpaired) electrons. The fourth-order valence-corrected chi connectivity index (χ4v) is 5.93. The number of thiazole rings is 1. The zero-order chi connectivity index (χ0) is 24.6. The molecule has 1 aliphatic heterocycles. The standard InChI is InChI=1S/C27H36N2O4S/c1-7-22-26(31)29(15-24(30)32-20-11-9-19(10-12-20)27(4,5)6)21-14-18(8-13-23(21)33-22)25-16(2)34-17(3)28-25/h8,13-14,19-20,22H,7,9-12,15H2,1-6H3. The van der Waals surface area contributed by atoms with Crippen LogP contribution in [0.5, 0.6) is 5.75 Å². The van der Waals surface area contributed by atoms with Gasteiger partial charge in [0.25, 0.3) is 5.91 Å². The summed E-state index contributed by atoms with van der Waals surface area (Å²) < 4.78 is 11.8. The molecule has 6 nitrogen and oxygen atoms in total. The first-order chi connectivity index (χ1) is 16.1. The topological polar surface area (TPSA) is 68.7 Å². The largest absolute Gasteiger partial charge is 0.478 e. The lowest BCUT2D eigenvalue weighted by Gasteiger charge is -2.37. The van der Waals surface area contributed by atoms with E-state index < -0.39 is 6.10 Å². The Bertz CT molecular complexity index is 1060. The molecule has 2 aliphatic rings. The Morgan fingerprint density at radius 1 is 1.21 bits per heavy atom. The summed E-state index contributed by atoms with van der Waals surface area (Å²) in [6.07, 6.45) is 3.75. The van der Waals surface area contributed by atoms with Gasteiger partial charge in [-0.3, -0.25) is 14.5 Å². The van der Waals surface area contributed by atoms with E-state index in [1.54, 1.807) is 11.3 Å². The fraction of sp³-hybridized carbons (Fsp3) is 0.593. The monoisotopic (exact) mass is 484 g/mol. The third-order valence-electron chi connectivity index (χ3n) is 7.09. The number of nitrogens with zero attached hydrogens (tertiary/aromatic N) is 2. The molecule has 1 aliphatic carbocycles. The summed E-state index contributed by atoms with van der Waals surface area (Å²) in [6.45, 7) is 12.7. The van der Waals surface area contributed by atoms with Crippen LogP contribution in [0.25, 0.3) is 11.3 Å². The molecule has 2 aromatic rings. The predicted octanol–water partition coefficient (Wildman–Crippen LogP) is 6.08. The quantitative estimate of drug-likeness (QED) is 0.481. The van der Waals surface area contributed by atoms with Crippen molar-refractivity contribution in [2.45, 2.75) is 85.9 Å². The molecule has 4 rings (SSSR count). The zero-order valence-electron chi connectivity index (χ0n) is 21.1. The first kappa shape index (κ1) is 24.7. The van der Waals surface area contributed by atoms with Crippen LogP contribution < -0.4 is 9.64 Å².